The van der Waals surface area contributed by atoms with Gasteiger partial charge in [-0.2, -0.15) is 0 Å². The molecule has 0 aliphatic carbocycles. The van der Waals surface area contributed by atoms with Crippen LogP contribution < -0.4 is 5.32 Å². The summed E-state index contributed by atoms with van der Waals surface area (Å²) in [4.78, 5) is 21.1. The van der Waals surface area contributed by atoms with Gasteiger partial charge in [0.1, 0.15) is 11.5 Å². The van der Waals surface area contributed by atoms with E-state index in [0.29, 0.717) is 12.0 Å². The minimum atomic E-state index is 0.440. The van der Waals surface area contributed by atoms with Gasteiger partial charge in [0.05, 0.1) is 29.1 Å². The van der Waals surface area contributed by atoms with Crippen molar-refractivity contribution in [2.24, 2.45) is 0 Å². The largest absolute Gasteiger partial charge is 0.351 e. The molecular weight excluding hydrogens is 276 g/mol. The lowest BCUT2D eigenvalue weighted by atomic mass is 9.92. The highest BCUT2D eigenvalue weighted by atomic mass is 15.0. The average Bonchev–Trinajstić information content (AvgIpc) is 2.99. The number of aromatic nitrogens is 5. The molecule has 4 heterocycles. The molecule has 4 rings (SSSR count). The van der Waals surface area contributed by atoms with E-state index < -0.39 is 0 Å². The van der Waals surface area contributed by atoms with Crippen LogP contribution in [0.3, 0.4) is 0 Å². The van der Waals surface area contributed by atoms with Gasteiger partial charge in [0, 0.05) is 24.4 Å². The Bertz CT molecular complexity index is 782. The van der Waals surface area contributed by atoms with Crippen molar-refractivity contribution in [3.05, 3.63) is 36.7 Å². The third-order valence-corrected chi connectivity index (χ3v) is 4.22. The molecule has 0 radical (unpaired) electrons. The lowest BCUT2D eigenvalue weighted by molar-refractivity contribution is 0.371. The van der Waals surface area contributed by atoms with Gasteiger partial charge in [-0.1, -0.05) is 0 Å². The molecule has 3 aromatic heterocycles. The highest BCUT2D eigenvalue weighted by Gasteiger charge is 2.22. The molecule has 6 heteroatoms. The summed E-state index contributed by atoms with van der Waals surface area (Å²) in [5.74, 6) is 1.39. The predicted molar refractivity (Wildman–Crippen MR) is 84.4 cm³/mol. The Morgan fingerprint density at radius 2 is 2.14 bits per heavy atom. The molecule has 0 saturated carbocycles. The van der Waals surface area contributed by atoms with Crippen LogP contribution in [0.5, 0.6) is 0 Å². The zero-order valence-corrected chi connectivity index (χ0v) is 12.5. The number of rotatable bonds is 2. The second-order valence-corrected chi connectivity index (χ2v) is 5.88. The van der Waals surface area contributed by atoms with Crippen molar-refractivity contribution >= 4 is 11.0 Å². The predicted octanol–water partition coefficient (Wildman–Crippen LogP) is 2.27. The summed E-state index contributed by atoms with van der Waals surface area (Å²) >= 11 is 0. The molecule has 3 aromatic rings. The van der Waals surface area contributed by atoms with Crippen LogP contribution in [0.2, 0.25) is 0 Å². The van der Waals surface area contributed by atoms with Gasteiger partial charge in [0.2, 0.25) is 0 Å². The third kappa shape index (κ3) is 2.46. The van der Waals surface area contributed by atoms with Crippen LogP contribution >= 0.6 is 0 Å². The highest BCUT2D eigenvalue weighted by Crippen LogP contribution is 2.27. The van der Waals surface area contributed by atoms with Crippen molar-refractivity contribution in [1.82, 2.24) is 30.2 Å². The van der Waals surface area contributed by atoms with Gasteiger partial charge < -0.3 is 10.3 Å². The molecule has 1 aliphatic heterocycles. The van der Waals surface area contributed by atoms with Crippen molar-refractivity contribution in [1.29, 1.82) is 0 Å². The maximum absolute atomic E-state index is 4.76. The van der Waals surface area contributed by atoms with Crippen LogP contribution in [0.25, 0.3) is 22.4 Å². The summed E-state index contributed by atoms with van der Waals surface area (Å²) in [7, 11) is 0. The summed E-state index contributed by atoms with van der Waals surface area (Å²) < 4.78 is 0. The van der Waals surface area contributed by atoms with Gasteiger partial charge in [-0.3, -0.25) is 9.97 Å². The van der Waals surface area contributed by atoms with Crippen LogP contribution in [-0.2, 0) is 0 Å². The second-order valence-electron chi connectivity index (χ2n) is 5.88. The quantitative estimate of drug-likeness (QED) is 0.758. The smallest absolute Gasteiger partial charge is 0.132 e. The molecular formula is C16H18N6. The van der Waals surface area contributed by atoms with E-state index in [0.717, 1.165) is 47.6 Å². The summed E-state index contributed by atoms with van der Waals surface area (Å²) in [5, 5.41) is 3.47. The number of aromatic amines is 1. The molecule has 2 atom stereocenters. The maximum Gasteiger partial charge on any atom is 0.132 e. The van der Waals surface area contributed by atoms with Crippen molar-refractivity contribution in [3.8, 4) is 11.4 Å². The van der Waals surface area contributed by atoms with Crippen LogP contribution in [0.1, 0.15) is 31.5 Å². The number of piperidine rings is 1. The standard InChI is InChI=1S/C16H18N6/c1-10-6-11(2-3-18-10)16-20-9-15-13(22-16)7-12(21-15)14-8-17-4-5-19-14/h4-5,7-11,18,21H,2-3,6H2,1H3. The molecule has 2 unspecified atom stereocenters. The van der Waals surface area contributed by atoms with Crippen molar-refractivity contribution < 1.29 is 0 Å². The molecule has 0 amide bonds. The maximum atomic E-state index is 4.76. The second kappa shape index (κ2) is 5.46. The number of H-pyrrole nitrogens is 1. The van der Waals surface area contributed by atoms with Gasteiger partial charge in [0.25, 0.3) is 0 Å². The first-order valence-electron chi connectivity index (χ1n) is 7.65. The zero-order chi connectivity index (χ0) is 14.9. The highest BCUT2D eigenvalue weighted by molar-refractivity contribution is 5.80. The molecule has 112 valence electrons. The van der Waals surface area contributed by atoms with E-state index in [1.54, 1.807) is 18.6 Å². The Morgan fingerprint density at radius 3 is 2.95 bits per heavy atom. The Hall–Kier alpha value is -2.34. The van der Waals surface area contributed by atoms with Crippen molar-refractivity contribution in [3.63, 3.8) is 0 Å². The molecule has 0 bridgehead atoms. The molecule has 0 aromatic carbocycles. The molecule has 1 fully saturated rings. The summed E-state index contributed by atoms with van der Waals surface area (Å²) in [5.41, 5.74) is 3.62. The van der Waals surface area contributed by atoms with Gasteiger partial charge in [0.15, 0.2) is 0 Å². The number of fused-ring (bicyclic) bond motifs is 1. The summed E-state index contributed by atoms with van der Waals surface area (Å²) in [6.07, 6.45) is 9.17. The lowest BCUT2D eigenvalue weighted by Crippen LogP contribution is -2.35. The van der Waals surface area contributed by atoms with Gasteiger partial charge in [-0.05, 0) is 32.4 Å². The first-order valence-corrected chi connectivity index (χ1v) is 7.65. The number of hydrogen-bond acceptors (Lipinski definition) is 5. The fourth-order valence-electron chi connectivity index (χ4n) is 3.07. The van der Waals surface area contributed by atoms with E-state index in [1.165, 1.54) is 0 Å². The van der Waals surface area contributed by atoms with Crippen LogP contribution in [0.15, 0.2) is 30.9 Å². The first-order chi connectivity index (χ1) is 10.8. The van der Waals surface area contributed by atoms with E-state index in [1.807, 2.05) is 12.3 Å². The minimum absolute atomic E-state index is 0.440. The van der Waals surface area contributed by atoms with Crippen molar-refractivity contribution in [2.45, 2.75) is 31.7 Å². The average molecular weight is 294 g/mol. The van der Waals surface area contributed by atoms with Gasteiger partial charge in [-0.15, -0.1) is 0 Å². The van der Waals surface area contributed by atoms with Crippen LogP contribution in [-0.4, -0.2) is 37.5 Å². The number of nitrogens with zero attached hydrogens (tertiary/aromatic N) is 4. The Morgan fingerprint density at radius 1 is 1.18 bits per heavy atom. The monoisotopic (exact) mass is 294 g/mol. The van der Waals surface area contributed by atoms with Gasteiger partial charge in [-0.25, -0.2) is 9.97 Å². The third-order valence-electron chi connectivity index (χ3n) is 4.22. The Labute approximate surface area is 128 Å². The van der Waals surface area contributed by atoms with Crippen molar-refractivity contribution in [2.75, 3.05) is 6.54 Å². The number of hydrogen-bond donors (Lipinski definition) is 2. The van der Waals surface area contributed by atoms with Crippen LogP contribution in [0, 0.1) is 0 Å². The van der Waals surface area contributed by atoms with E-state index in [-0.39, 0.29) is 0 Å². The normalized spacial score (nSPS) is 22.0. The van der Waals surface area contributed by atoms with E-state index >= 15 is 0 Å². The Balaban J connectivity index is 1.69. The summed E-state index contributed by atoms with van der Waals surface area (Å²) in [6.45, 7) is 3.25. The lowest BCUT2D eigenvalue weighted by Gasteiger charge is -2.26. The SMILES string of the molecule is CC1CC(c2ncc3[nH]c(-c4cnccn4)cc3n2)CCN1. The van der Waals surface area contributed by atoms with Crippen LogP contribution in [0.4, 0.5) is 0 Å². The Kier molecular flexibility index (Phi) is 3.31. The molecule has 1 aliphatic rings. The van der Waals surface area contributed by atoms with Gasteiger partial charge >= 0.3 is 0 Å². The molecule has 1 saturated heterocycles. The van der Waals surface area contributed by atoms with E-state index in [2.05, 4.69) is 32.2 Å². The fourth-order valence-corrected chi connectivity index (χ4v) is 3.07. The minimum Gasteiger partial charge on any atom is -0.351 e. The fraction of sp³-hybridized carbons (Fsp3) is 0.375. The molecule has 2 N–H and O–H groups in total. The van der Waals surface area contributed by atoms with E-state index in [9.17, 15) is 0 Å². The first kappa shape index (κ1) is 13.3. The number of nitrogens with one attached hydrogen (secondary N) is 2. The molecule has 22 heavy (non-hydrogen) atoms. The topological polar surface area (TPSA) is 79.4 Å². The summed E-state index contributed by atoms with van der Waals surface area (Å²) in [6, 6.07) is 2.55. The van der Waals surface area contributed by atoms with E-state index in [4.69, 9.17) is 4.98 Å². The molecule has 6 nitrogen and oxygen atoms in total. The zero-order valence-electron chi connectivity index (χ0n) is 12.5. The molecule has 0 spiro atoms.